The SMILES string of the molecule is CCCCCCOCc1ccccc1-c1nc(SC)[nH]c(=O)c1C#N. The molecule has 0 saturated carbocycles. The molecular weight excluding hydrogens is 334 g/mol. The second-order valence-electron chi connectivity index (χ2n) is 5.68. The van der Waals surface area contributed by atoms with Gasteiger partial charge < -0.3 is 9.72 Å². The summed E-state index contributed by atoms with van der Waals surface area (Å²) in [6.45, 7) is 3.33. The van der Waals surface area contributed by atoms with Crippen molar-refractivity contribution in [1.29, 1.82) is 5.26 Å². The van der Waals surface area contributed by atoms with Crippen LogP contribution < -0.4 is 5.56 Å². The van der Waals surface area contributed by atoms with Crippen LogP contribution in [0.5, 0.6) is 0 Å². The maximum Gasteiger partial charge on any atom is 0.270 e. The van der Waals surface area contributed by atoms with Crippen LogP contribution in [0.4, 0.5) is 0 Å². The summed E-state index contributed by atoms with van der Waals surface area (Å²) < 4.78 is 5.79. The third kappa shape index (κ3) is 5.18. The van der Waals surface area contributed by atoms with Crippen LogP contribution in [0, 0.1) is 11.3 Å². The number of nitrogens with zero attached hydrogens (tertiary/aromatic N) is 2. The van der Waals surface area contributed by atoms with Gasteiger partial charge in [-0.2, -0.15) is 5.26 Å². The van der Waals surface area contributed by atoms with Crippen LogP contribution in [0.1, 0.15) is 43.7 Å². The fourth-order valence-corrected chi connectivity index (χ4v) is 2.92. The zero-order chi connectivity index (χ0) is 18.1. The van der Waals surface area contributed by atoms with Crippen molar-refractivity contribution in [2.45, 2.75) is 44.4 Å². The van der Waals surface area contributed by atoms with E-state index in [1.54, 1.807) is 0 Å². The van der Waals surface area contributed by atoms with Crippen molar-refractivity contribution in [3.8, 4) is 17.3 Å². The first kappa shape index (κ1) is 19.2. The van der Waals surface area contributed by atoms with E-state index in [1.807, 2.05) is 36.6 Å². The van der Waals surface area contributed by atoms with Gasteiger partial charge in [-0.25, -0.2) is 4.98 Å². The third-order valence-electron chi connectivity index (χ3n) is 3.88. The molecule has 0 unspecified atom stereocenters. The first-order valence-electron chi connectivity index (χ1n) is 8.45. The quantitative estimate of drug-likeness (QED) is 0.415. The van der Waals surface area contributed by atoms with Crippen molar-refractivity contribution in [2.24, 2.45) is 0 Å². The van der Waals surface area contributed by atoms with E-state index in [2.05, 4.69) is 16.9 Å². The monoisotopic (exact) mass is 357 g/mol. The Balaban J connectivity index is 2.25. The number of ether oxygens (including phenoxy) is 1. The Kier molecular flexibility index (Phi) is 7.71. The molecule has 5 nitrogen and oxygen atoms in total. The number of hydrogen-bond acceptors (Lipinski definition) is 5. The molecule has 1 N–H and O–H groups in total. The molecule has 0 spiro atoms. The van der Waals surface area contributed by atoms with Gasteiger partial charge in [-0.3, -0.25) is 4.79 Å². The number of unbranched alkanes of at least 4 members (excludes halogenated alkanes) is 3. The van der Waals surface area contributed by atoms with Gasteiger partial charge >= 0.3 is 0 Å². The van der Waals surface area contributed by atoms with Gasteiger partial charge in [0.25, 0.3) is 5.56 Å². The van der Waals surface area contributed by atoms with Gasteiger partial charge in [0.15, 0.2) is 5.16 Å². The topological polar surface area (TPSA) is 78.8 Å². The minimum absolute atomic E-state index is 0.0354. The summed E-state index contributed by atoms with van der Waals surface area (Å²) in [5.41, 5.74) is 1.75. The highest BCUT2D eigenvalue weighted by Crippen LogP contribution is 2.25. The van der Waals surface area contributed by atoms with Crippen molar-refractivity contribution in [2.75, 3.05) is 12.9 Å². The number of nitriles is 1. The summed E-state index contributed by atoms with van der Waals surface area (Å²) in [6, 6.07) is 9.60. The minimum atomic E-state index is -0.410. The molecular formula is C19H23N3O2S. The van der Waals surface area contributed by atoms with Crippen molar-refractivity contribution >= 4 is 11.8 Å². The third-order valence-corrected chi connectivity index (χ3v) is 4.46. The smallest absolute Gasteiger partial charge is 0.270 e. The van der Waals surface area contributed by atoms with Gasteiger partial charge in [0.2, 0.25) is 0 Å². The van der Waals surface area contributed by atoms with E-state index in [4.69, 9.17) is 4.74 Å². The predicted molar refractivity (Wildman–Crippen MR) is 101 cm³/mol. The van der Waals surface area contributed by atoms with E-state index in [-0.39, 0.29) is 5.56 Å². The Hall–Kier alpha value is -2.10. The molecule has 0 aliphatic carbocycles. The molecule has 1 aromatic carbocycles. The maximum absolute atomic E-state index is 12.1. The first-order valence-corrected chi connectivity index (χ1v) is 9.68. The van der Waals surface area contributed by atoms with Crippen molar-refractivity contribution in [3.63, 3.8) is 0 Å². The number of benzene rings is 1. The summed E-state index contributed by atoms with van der Waals surface area (Å²) in [7, 11) is 0. The largest absolute Gasteiger partial charge is 0.377 e. The number of hydrogen-bond donors (Lipinski definition) is 1. The molecule has 2 aromatic rings. The molecule has 0 amide bonds. The van der Waals surface area contributed by atoms with Gasteiger partial charge in [-0.05, 0) is 18.2 Å². The maximum atomic E-state index is 12.1. The number of aromatic nitrogens is 2. The number of H-pyrrole nitrogens is 1. The van der Waals surface area contributed by atoms with Crippen molar-refractivity contribution < 1.29 is 4.74 Å². The predicted octanol–water partition coefficient (Wildman–Crippen LogP) is 4.13. The van der Waals surface area contributed by atoms with Gasteiger partial charge in [0.05, 0.1) is 12.3 Å². The molecule has 0 fully saturated rings. The highest BCUT2D eigenvalue weighted by molar-refractivity contribution is 7.98. The minimum Gasteiger partial charge on any atom is -0.377 e. The average Bonchev–Trinajstić information content (AvgIpc) is 2.64. The van der Waals surface area contributed by atoms with E-state index in [0.717, 1.165) is 17.5 Å². The molecule has 0 radical (unpaired) electrons. The molecule has 1 heterocycles. The first-order chi connectivity index (χ1) is 12.2. The Morgan fingerprint density at radius 3 is 2.80 bits per heavy atom. The molecule has 0 aliphatic rings. The second kappa shape index (κ2) is 10.0. The number of nitrogens with one attached hydrogen (secondary N) is 1. The van der Waals surface area contributed by atoms with Crippen LogP contribution in [0.15, 0.2) is 34.2 Å². The Labute approximate surface area is 152 Å². The fourth-order valence-electron chi connectivity index (χ4n) is 2.54. The van der Waals surface area contributed by atoms with E-state index in [1.165, 1.54) is 31.0 Å². The molecule has 0 atom stereocenters. The molecule has 2 rings (SSSR count). The fraction of sp³-hybridized carbons (Fsp3) is 0.421. The van der Waals surface area contributed by atoms with Gasteiger partial charge in [0.1, 0.15) is 11.6 Å². The zero-order valence-electron chi connectivity index (χ0n) is 14.7. The Morgan fingerprint density at radius 1 is 1.28 bits per heavy atom. The summed E-state index contributed by atoms with van der Waals surface area (Å²) >= 11 is 1.34. The highest BCUT2D eigenvalue weighted by atomic mass is 32.2. The van der Waals surface area contributed by atoms with E-state index in [0.29, 0.717) is 24.1 Å². The van der Waals surface area contributed by atoms with Crippen LogP contribution in [0.3, 0.4) is 0 Å². The Bertz CT molecular complexity index is 796. The van der Waals surface area contributed by atoms with Crippen molar-refractivity contribution in [1.82, 2.24) is 9.97 Å². The summed E-state index contributed by atoms with van der Waals surface area (Å²) in [5, 5.41) is 9.86. The molecule has 1 aromatic heterocycles. The Morgan fingerprint density at radius 2 is 2.08 bits per heavy atom. The molecule has 132 valence electrons. The van der Waals surface area contributed by atoms with Gasteiger partial charge in [0, 0.05) is 12.2 Å². The van der Waals surface area contributed by atoms with Crippen LogP contribution in [0.25, 0.3) is 11.3 Å². The van der Waals surface area contributed by atoms with Crippen LogP contribution in [-0.4, -0.2) is 22.8 Å². The van der Waals surface area contributed by atoms with Crippen LogP contribution >= 0.6 is 11.8 Å². The number of thioether (sulfide) groups is 1. The lowest BCUT2D eigenvalue weighted by Gasteiger charge is -2.11. The van der Waals surface area contributed by atoms with Crippen molar-refractivity contribution in [3.05, 3.63) is 45.7 Å². The number of rotatable bonds is 9. The molecule has 0 aliphatic heterocycles. The van der Waals surface area contributed by atoms with E-state index < -0.39 is 5.56 Å². The lowest BCUT2D eigenvalue weighted by atomic mass is 10.0. The van der Waals surface area contributed by atoms with Crippen LogP contribution in [0.2, 0.25) is 0 Å². The van der Waals surface area contributed by atoms with Crippen LogP contribution in [-0.2, 0) is 11.3 Å². The zero-order valence-corrected chi connectivity index (χ0v) is 15.5. The lowest BCUT2D eigenvalue weighted by Crippen LogP contribution is -2.15. The summed E-state index contributed by atoms with van der Waals surface area (Å²) in [4.78, 5) is 19.2. The standard InChI is InChI=1S/C19H23N3O2S/c1-3-4-5-8-11-24-13-14-9-6-7-10-15(14)17-16(12-20)18(23)22-19(21-17)25-2/h6-7,9-10H,3-5,8,11,13H2,1-2H3,(H,21,22,23). The molecule has 0 saturated heterocycles. The van der Waals surface area contributed by atoms with E-state index >= 15 is 0 Å². The average molecular weight is 357 g/mol. The summed E-state index contributed by atoms with van der Waals surface area (Å²) in [6.07, 6.45) is 6.47. The van der Waals surface area contributed by atoms with Gasteiger partial charge in [-0.15, -0.1) is 0 Å². The molecule has 6 heteroatoms. The van der Waals surface area contributed by atoms with E-state index in [9.17, 15) is 10.1 Å². The van der Waals surface area contributed by atoms with Gasteiger partial charge in [-0.1, -0.05) is 62.2 Å². The summed E-state index contributed by atoms with van der Waals surface area (Å²) in [5.74, 6) is 0. The number of aromatic amines is 1. The molecule has 0 bridgehead atoms. The highest BCUT2D eigenvalue weighted by Gasteiger charge is 2.16. The lowest BCUT2D eigenvalue weighted by molar-refractivity contribution is 0.117. The second-order valence-corrected chi connectivity index (χ2v) is 6.48. The normalized spacial score (nSPS) is 10.6. The molecule has 25 heavy (non-hydrogen) atoms.